The van der Waals surface area contributed by atoms with E-state index in [2.05, 4.69) is 10.3 Å². The first-order valence-corrected chi connectivity index (χ1v) is 5.31. The molecule has 0 atom stereocenters. The van der Waals surface area contributed by atoms with Crippen molar-refractivity contribution in [1.82, 2.24) is 4.98 Å². The number of rotatable bonds is 2. The highest BCUT2D eigenvalue weighted by Gasteiger charge is 2.12. The summed E-state index contributed by atoms with van der Waals surface area (Å²) >= 11 is 0. The van der Waals surface area contributed by atoms with Crippen LogP contribution >= 0.6 is 0 Å². The number of hydrogen-bond acceptors (Lipinski definition) is 3. The molecule has 1 aromatic heterocycles. The zero-order valence-corrected chi connectivity index (χ0v) is 8.37. The van der Waals surface area contributed by atoms with Gasteiger partial charge in [-0.3, -0.25) is 4.98 Å². The second-order valence-electron chi connectivity index (χ2n) is 3.99. The molecule has 0 aliphatic heterocycles. The van der Waals surface area contributed by atoms with E-state index in [1.54, 1.807) is 6.20 Å². The van der Waals surface area contributed by atoms with Gasteiger partial charge in [0.1, 0.15) is 0 Å². The number of nitrogens with zero attached hydrogens (tertiary/aromatic N) is 1. The van der Waals surface area contributed by atoms with Crippen LogP contribution in [0.15, 0.2) is 18.5 Å². The number of anilines is 2. The van der Waals surface area contributed by atoms with E-state index in [0.29, 0.717) is 6.04 Å². The quantitative estimate of drug-likeness (QED) is 0.754. The van der Waals surface area contributed by atoms with E-state index in [1.807, 2.05) is 12.3 Å². The third-order valence-corrected chi connectivity index (χ3v) is 2.74. The fourth-order valence-electron chi connectivity index (χ4n) is 2.02. The summed E-state index contributed by atoms with van der Waals surface area (Å²) in [5.74, 6) is 0. The highest BCUT2D eigenvalue weighted by atomic mass is 14.9. The van der Waals surface area contributed by atoms with Gasteiger partial charge < -0.3 is 11.1 Å². The molecule has 1 aromatic rings. The fourth-order valence-corrected chi connectivity index (χ4v) is 2.02. The summed E-state index contributed by atoms with van der Waals surface area (Å²) in [6.45, 7) is 0. The summed E-state index contributed by atoms with van der Waals surface area (Å²) in [6, 6.07) is 2.56. The van der Waals surface area contributed by atoms with E-state index >= 15 is 0 Å². The Kier molecular flexibility index (Phi) is 2.87. The third kappa shape index (κ3) is 2.37. The first-order valence-electron chi connectivity index (χ1n) is 5.31. The molecule has 1 aliphatic rings. The monoisotopic (exact) mass is 191 g/mol. The molecule has 1 saturated carbocycles. The molecule has 0 spiro atoms. The number of hydrogen-bond donors (Lipinski definition) is 2. The highest BCUT2D eigenvalue weighted by molar-refractivity contribution is 5.51. The molecule has 3 N–H and O–H groups in total. The molecule has 2 rings (SSSR count). The van der Waals surface area contributed by atoms with Gasteiger partial charge >= 0.3 is 0 Å². The van der Waals surface area contributed by atoms with Crippen LogP contribution < -0.4 is 11.1 Å². The maximum absolute atomic E-state index is 5.66. The van der Waals surface area contributed by atoms with E-state index in [1.165, 1.54) is 32.1 Å². The molecule has 1 aliphatic carbocycles. The number of aromatic nitrogens is 1. The summed E-state index contributed by atoms with van der Waals surface area (Å²) in [7, 11) is 0. The van der Waals surface area contributed by atoms with Crippen molar-refractivity contribution >= 4 is 11.4 Å². The predicted molar refractivity (Wildman–Crippen MR) is 59.1 cm³/mol. The minimum atomic E-state index is 0.618. The van der Waals surface area contributed by atoms with Gasteiger partial charge in [0.2, 0.25) is 0 Å². The Labute approximate surface area is 84.7 Å². The Hall–Kier alpha value is -1.25. The second kappa shape index (κ2) is 4.31. The van der Waals surface area contributed by atoms with E-state index in [4.69, 9.17) is 5.73 Å². The van der Waals surface area contributed by atoms with Crippen LogP contribution in [0.5, 0.6) is 0 Å². The topological polar surface area (TPSA) is 50.9 Å². The van der Waals surface area contributed by atoms with Crippen LogP contribution in [0.1, 0.15) is 32.1 Å². The van der Waals surface area contributed by atoms with E-state index in [-0.39, 0.29) is 0 Å². The van der Waals surface area contributed by atoms with Crippen LogP contribution in [0.4, 0.5) is 11.4 Å². The van der Waals surface area contributed by atoms with Gasteiger partial charge in [0.15, 0.2) is 0 Å². The van der Waals surface area contributed by atoms with Crippen molar-refractivity contribution in [1.29, 1.82) is 0 Å². The zero-order chi connectivity index (χ0) is 9.80. The first kappa shape index (κ1) is 9.31. The molecule has 1 heterocycles. The normalized spacial score (nSPS) is 18.0. The minimum absolute atomic E-state index is 0.618. The van der Waals surface area contributed by atoms with Gasteiger partial charge in [-0.05, 0) is 18.9 Å². The van der Waals surface area contributed by atoms with E-state index in [9.17, 15) is 0 Å². The van der Waals surface area contributed by atoms with Crippen LogP contribution in [-0.4, -0.2) is 11.0 Å². The summed E-state index contributed by atoms with van der Waals surface area (Å²) in [6.07, 6.45) is 10.1. The maximum atomic E-state index is 5.66. The molecule has 0 radical (unpaired) electrons. The lowest BCUT2D eigenvalue weighted by Crippen LogP contribution is -2.22. The van der Waals surface area contributed by atoms with Crippen molar-refractivity contribution in [3.63, 3.8) is 0 Å². The van der Waals surface area contributed by atoms with Gasteiger partial charge in [0, 0.05) is 12.2 Å². The van der Waals surface area contributed by atoms with E-state index in [0.717, 1.165) is 11.4 Å². The van der Waals surface area contributed by atoms with E-state index < -0.39 is 0 Å². The molecule has 0 saturated heterocycles. The lowest BCUT2D eigenvalue weighted by atomic mass is 9.95. The minimum Gasteiger partial charge on any atom is -0.397 e. The molecule has 76 valence electrons. The summed E-state index contributed by atoms with van der Waals surface area (Å²) in [5.41, 5.74) is 7.44. The summed E-state index contributed by atoms with van der Waals surface area (Å²) in [4.78, 5) is 4.06. The summed E-state index contributed by atoms with van der Waals surface area (Å²) in [5, 5.41) is 3.48. The third-order valence-electron chi connectivity index (χ3n) is 2.74. The van der Waals surface area contributed by atoms with Crippen LogP contribution in [0.3, 0.4) is 0 Å². The first-order chi connectivity index (χ1) is 6.84. The lowest BCUT2D eigenvalue weighted by molar-refractivity contribution is 0.462. The molecule has 0 bridgehead atoms. The molecule has 1 fully saturated rings. The van der Waals surface area contributed by atoms with Crippen molar-refractivity contribution in [2.45, 2.75) is 38.1 Å². The van der Waals surface area contributed by atoms with Gasteiger partial charge in [-0.2, -0.15) is 0 Å². The standard InChI is InChI=1S/C11H17N3/c12-9-6-11(8-13-7-9)14-10-4-2-1-3-5-10/h6-8,10,14H,1-5,12H2. The van der Waals surface area contributed by atoms with Crippen LogP contribution in [0.25, 0.3) is 0 Å². The average molecular weight is 191 g/mol. The highest BCUT2D eigenvalue weighted by Crippen LogP contribution is 2.21. The molecule has 3 heteroatoms. The van der Waals surface area contributed by atoms with Crippen molar-refractivity contribution in [3.8, 4) is 0 Å². The van der Waals surface area contributed by atoms with Crippen molar-refractivity contribution < 1.29 is 0 Å². The number of nitrogen functional groups attached to an aromatic ring is 1. The average Bonchev–Trinajstić information content (AvgIpc) is 2.19. The smallest absolute Gasteiger partial charge is 0.0549 e. The summed E-state index contributed by atoms with van der Waals surface area (Å²) < 4.78 is 0. The molecule has 0 aromatic carbocycles. The largest absolute Gasteiger partial charge is 0.397 e. The Balaban J connectivity index is 1.95. The van der Waals surface area contributed by atoms with Crippen molar-refractivity contribution in [3.05, 3.63) is 18.5 Å². The molecule has 0 unspecified atom stereocenters. The van der Waals surface area contributed by atoms with Gasteiger partial charge in [-0.15, -0.1) is 0 Å². The Morgan fingerprint density at radius 1 is 1.21 bits per heavy atom. The number of nitrogens with one attached hydrogen (secondary N) is 1. The van der Waals surface area contributed by atoms with Gasteiger partial charge in [-0.1, -0.05) is 19.3 Å². The van der Waals surface area contributed by atoms with Crippen LogP contribution in [-0.2, 0) is 0 Å². The second-order valence-corrected chi connectivity index (χ2v) is 3.99. The molecular formula is C11H17N3. The molecular weight excluding hydrogens is 174 g/mol. The molecule has 3 nitrogen and oxygen atoms in total. The predicted octanol–water partition coefficient (Wildman–Crippen LogP) is 2.41. The Morgan fingerprint density at radius 2 is 2.00 bits per heavy atom. The van der Waals surface area contributed by atoms with Crippen molar-refractivity contribution in [2.75, 3.05) is 11.1 Å². The fraction of sp³-hybridized carbons (Fsp3) is 0.545. The van der Waals surface area contributed by atoms with Crippen LogP contribution in [0.2, 0.25) is 0 Å². The lowest BCUT2D eigenvalue weighted by Gasteiger charge is -2.23. The number of nitrogens with two attached hydrogens (primary N) is 1. The van der Waals surface area contributed by atoms with Crippen LogP contribution in [0, 0.1) is 0 Å². The van der Waals surface area contributed by atoms with Gasteiger partial charge in [0.05, 0.1) is 17.6 Å². The molecule has 14 heavy (non-hydrogen) atoms. The Morgan fingerprint density at radius 3 is 2.71 bits per heavy atom. The van der Waals surface area contributed by atoms with Gasteiger partial charge in [0.25, 0.3) is 0 Å². The zero-order valence-electron chi connectivity index (χ0n) is 8.37. The molecule has 0 amide bonds. The SMILES string of the molecule is Nc1cncc(NC2CCCCC2)c1. The maximum Gasteiger partial charge on any atom is 0.0549 e. The number of pyridine rings is 1. The van der Waals surface area contributed by atoms with Gasteiger partial charge in [-0.25, -0.2) is 0 Å². The van der Waals surface area contributed by atoms with Crippen molar-refractivity contribution in [2.24, 2.45) is 0 Å². The Bertz CT molecular complexity index is 292.